The molecular weight excluding hydrogens is 290 g/mol. The molecule has 2 rings (SSSR count). The zero-order chi connectivity index (χ0) is 14.4. The average Bonchev–Trinajstić information content (AvgIpc) is 2.92. The molecule has 104 valence electrons. The number of benzene rings is 1. The summed E-state index contributed by atoms with van der Waals surface area (Å²) in [6, 6.07) is 11.1. The minimum absolute atomic E-state index is 0.00632. The molecule has 0 saturated carbocycles. The Morgan fingerprint density at radius 2 is 2.10 bits per heavy atom. The van der Waals surface area contributed by atoms with Crippen molar-refractivity contribution < 1.29 is 9.59 Å². The van der Waals surface area contributed by atoms with E-state index in [1.54, 1.807) is 47.4 Å². The molecule has 0 fully saturated rings. The Hall–Kier alpha value is -1.59. The van der Waals surface area contributed by atoms with Gasteiger partial charge in [-0.1, -0.05) is 18.2 Å². The lowest BCUT2D eigenvalue weighted by atomic mass is 10.1. The number of ketones is 1. The Bertz CT molecular complexity index is 594. The normalized spacial score (nSPS) is 10.2. The molecule has 0 bridgehead atoms. The van der Waals surface area contributed by atoms with Gasteiger partial charge in [0.2, 0.25) is 5.91 Å². The van der Waals surface area contributed by atoms with Crippen molar-refractivity contribution in [1.82, 2.24) is 0 Å². The van der Waals surface area contributed by atoms with E-state index in [9.17, 15) is 9.59 Å². The van der Waals surface area contributed by atoms with Crippen LogP contribution in [0.2, 0.25) is 0 Å². The predicted molar refractivity (Wildman–Crippen MR) is 85.6 cm³/mol. The van der Waals surface area contributed by atoms with E-state index in [1.165, 1.54) is 11.8 Å². The van der Waals surface area contributed by atoms with Crippen LogP contribution >= 0.6 is 23.1 Å². The minimum Gasteiger partial charge on any atom is -0.325 e. The molecule has 1 amide bonds. The van der Waals surface area contributed by atoms with Gasteiger partial charge in [0.1, 0.15) is 0 Å². The van der Waals surface area contributed by atoms with E-state index in [4.69, 9.17) is 0 Å². The van der Waals surface area contributed by atoms with Crippen LogP contribution in [0.25, 0.3) is 0 Å². The molecule has 3 nitrogen and oxygen atoms in total. The van der Waals surface area contributed by atoms with Crippen LogP contribution in [-0.4, -0.2) is 17.4 Å². The lowest BCUT2D eigenvalue weighted by Crippen LogP contribution is -2.14. The topological polar surface area (TPSA) is 46.2 Å². The van der Waals surface area contributed by atoms with Gasteiger partial charge in [-0.2, -0.15) is 0 Å². The first-order valence-electron chi connectivity index (χ1n) is 6.16. The number of carbonyl (C=O) groups excluding carboxylic acids is 2. The SMILES string of the molecule is CC(=O)c1cccc(NC(=O)CSCc2cccs2)c1. The van der Waals surface area contributed by atoms with Gasteiger partial charge in [-0.3, -0.25) is 9.59 Å². The molecule has 0 saturated heterocycles. The fourth-order valence-electron chi connectivity index (χ4n) is 1.65. The Kier molecular flexibility index (Phi) is 5.38. The van der Waals surface area contributed by atoms with Gasteiger partial charge in [0.05, 0.1) is 5.75 Å². The summed E-state index contributed by atoms with van der Waals surface area (Å²) in [7, 11) is 0. The number of hydrogen-bond donors (Lipinski definition) is 1. The quantitative estimate of drug-likeness (QED) is 0.825. The second-order valence-electron chi connectivity index (χ2n) is 4.26. The van der Waals surface area contributed by atoms with Crippen LogP contribution < -0.4 is 5.32 Å². The number of Topliss-reactive ketones (excluding diaryl/α,β-unsaturated/α-hetero) is 1. The molecule has 0 aliphatic heterocycles. The Morgan fingerprint density at radius 3 is 2.80 bits per heavy atom. The van der Waals surface area contributed by atoms with Crippen molar-refractivity contribution in [2.75, 3.05) is 11.1 Å². The van der Waals surface area contributed by atoms with Crippen molar-refractivity contribution in [1.29, 1.82) is 0 Å². The third kappa shape index (κ3) is 4.51. The molecule has 0 unspecified atom stereocenters. The summed E-state index contributed by atoms with van der Waals surface area (Å²) in [5.74, 6) is 1.20. The van der Waals surface area contributed by atoms with Gasteiger partial charge in [-0.25, -0.2) is 0 Å². The largest absolute Gasteiger partial charge is 0.325 e. The highest BCUT2D eigenvalue weighted by Gasteiger charge is 2.05. The summed E-state index contributed by atoms with van der Waals surface area (Å²) >= 11 is 3.27. The average molecular weight is 305 g/mol. The lowest BCUT2D eigenvalue weighted by Gasteiger charge is -2.06. The summed E-state index contributed by atoms with van der Waals surface area (Å²) in [6.45, 7) is 1.51. The van der Waals surface area contributed by atoms with E-state index >= 15 is 0 Å². The second-order valence-corrected chi connectivity index (χ2v) is 6.28. The maximum absolute atomic E-state index is 11.8. The van der Waals surface area contributed by atoms with E-state index in [2.05, 4.69) is 11.4 Å². The number of rotatable bonds is 6. The summed E-state index contributed by atoms with van der Waals surface area (Å²) in [5, 5.41) is 4.84. The summed E-state index contributed by atoms with van der Waals surface area (Å²) in [5.41, 5.74) is 1.27. The van der Waals surface area contributed by atoms with Crippen LogP contribution in [0.4, 0.5) is 5.69 Å². The summed E-state index contributed by atoms with van der Waals surface area (Å²) < 4.78 is 0. The van der Waals surface area contributed by atoms with Gasteiger partial charge in [0.15, 0.2) is 5.78 Å². The number of thiophene rings is 1. The molecule has 0 aliphatic rings. The molecule has 1 aromatic carbocycles. The highest BCUT2D eigenvalue weighted by Crippen LogP contribution is 2.17. The van der Waals surface area contributed by atoms with Crippen molar-refractivity contribution in [2.45, 2.75) is 12.7 Å². The predicted octanol–water partition coefficient (Wildman–Crippen LogP) is 3.82. The van der Waals surface area contributed by atoms with Gasteiger partial charge in [0.25, 0.3) is 0 Å². The first-order valence-corrected chi connectivity index (χ1v) is 8.19. The Labute approximate surface area is 126 Å². The van der Waals surface area contributed by atoms with Crippen LogP contribution in [0.1, 0.15) is 22.2 Å². The van der Waals surface area contributed by atoms with E-state index in [-0.39, 0.29) is 11.7 Å². The molecule has 20 heavy (non-hydrogen) atoms. The molecule has 0 radical (unpaired) electrons. The van der Waals surface area contributed by atoms with Crippen LogP contribution in [0.3, 0.4) is 0 Å². The number of anilines is 1. The molecular formula is C15H15NO2S2. The molecule has 0 spiro atoms. The number of carbonyl (C=O) groups is 2. The van der Waals surface area contributed by atoms with Crippen molar-refractivity contribution in [2.24, 2.45) is 0 Å². The second kappa shape index (κ2) is 7.26. The molecule has 2 aromatic rings. The van der Waals surface area contributed by atoms with Crippen LogP contribution in [0, 0.1) is 0 Å². The van der Waals surface area contributed by atoms with Gasteiger partial charge in [0, 0.05) is 21.9 Å². The summed E-state index contributed by atoms with van der Waals surface area (Å²) in [4.78, 5) is 24.3. The van der Waals surface area contributed by atoms with Crippen LogP contribution in [0.5, 0.6) is 0 Å². The van der Waals surface area contributed by atoms with Crippen LogP contribution in [-0.2, 0) is 10.5 Å². The Morgan fingerprint density at radius 1 is 1.25 bits per heavy atom. The van der Waals surface area contributed by atoms with E-state index in [0.29, 0.717) is 17.0 Å². The number of thioether (sulfide) groups is 1. The molecule has 1 aromatic heterocycles. The smallest absolute Gasteiger partial charge is 0.234 e. The highest BCUT2D eigenvalue weighted by atomic mass is 32.2. The van der Waals surface area contributed by atoms with Gasteiger partial charge in [-0.05, 0) is 30.5 Å². The minimum atomic E-state index is -0.0488. The monoisotopic (exact) mass is 305 g/mol. The molecule has 0 atom stereocenters. The van der Waals surface area contributed by atoms with Crippen molar-refractivity contribution in [3.05, 3.63) is 52.2 Å². The first-order chi connectivity index (χ1) is 9.65. The number of hydrogen-bond acceptors (Lipinski definition) is 4. The van der Waals surface area contributed by atoms with Crippen molar-refractivity contribution >= 4 is 40.5 Å². The Balaban J connectivity index is 1.82. The lowest BCUT2D eigenvalue weighted by molar-refractivity contribution is -0.113. The molecule has 5 heteroatoms. The maximum atomic E-state index is 11.8. The van der Waals surface area contributed by atoms with Crippen molar-refractivity contribution in [3.8, 4) is 0 Å². The van der Waals surface area contributed by atoms with E-state index in [0.717, 1.165) is 5.75 Å². The number of nitrogens with one attached hydrogen (secondary N) is 1. The van der Waals surface area contributed by atoms with Crippen LogP contribution in [0.15, 0.2) is 41.8 Å². The van der Waals surface area contributed by atoms with E-state index in [1.807, 2.05) is 11.4 Å². The first kappa shape index (κ1) is 14.8. The standard InChI is InChI=1S/C15H15NO2S2/c1-11(17)12-4-2-5-13(8-12)16-15(18)10-19-9-14-6-3-7-20-14/h2-8H,9-10H2,1H3,(H,16,18). The molecule has 1 N–H and O–H groups in total. The third-order valence-corrected chi connectivity index (χ3v) is 4.65. The zero-order valence-corrected chi connectivity index (χ0v) is 12.7. The fraction of sp³-hybridized carbons (Fsp3) is 0.200. The van der Waals surface area contributed by atoms with Gasteiger partial charge < -0.3 is 5.32 Å². The maximum Gasteiger partial charge on any atom is 0.234 e. The number of amides is 1. The van der Waals surface area contributed by atoms with E-state index < -0.39 is 0 Å². The fourth-order valence-corrected chi connectivity index (χ4v) is 3.32. The molecule has 1 heterocycles. The van der Waals surface area contributed by atoms with Gasteiger partial charge in [-0.15, -0.1) is 23.1 Å². The third-order valence-electron chi connectivity index (χ3n) is 2.61. The van der Waals surface area contributed by atoms with Crippen molar-refractivity contribution in [3.63, 3.8) is 0 Å². The molecule has 0 aliphatic carbocycles. The summed E-state index contributed by atoms with van der Waals surface area (Å²) in [6.07, 6.45) is 0. The highest BCUT2D eigenvalue weighted by molar-refractivity contribution is 7.99. The van der Waals surface area contributed by atoms with Gasteiger partial charge >= 0.3 is 0 Å². The zero-order valence-electron chi connectivity index (χ0n) is 11.1.